The van der Waals surface area contributed by atoms with E-state index in [9.17, 15) is 27.6 Å². The van der Waals surface area contributed by atoms with Crippen molar-refractivity contribution in [2.24, 2.45) is 0 Å². The number of aromatic nitrogens is 1. The van der Waals surface area contributed by atoms with E-state index in [2.05, 4.69) is 10.6 Å². The van der Waals surface area contributed by atoms with Crippen molar-refractivity contribution < 1.29 is 32.2 Å². The van der Waals surface area contributed by atoms with Gasteiger partial charge in [-0.1, -0.05) is 6.07 Å². The molecule has 2 aromatic rings. The predicted molar refractivity (Wildman–Crippen MR) is 97.6 cm³/mol. The summed E-state index contributed by atoms with van der Waals surface area (Å²) in [5, 5.41) is 4.90. The number of hydrogen-bond donors (Lipinski definition) is 2. The number of amides is 2. The summed E-state index contributed by atoms with van der Waals surface area (Å²) in [5.41, 5.74) is -1.20. The maximum Gasteiger partial charge on any atom is 0.417 e. The molecule has 0 saturated carbocycles. The van der Waals surface area contributed by atoms with Gasteiger partial charge in [0.1, 0.15) is 13.2 Å². The van der Waals surface area contributed by atoms with Crippen molar-refractivity contribution >= 4 is 23.4 Å². The van der Waals surface area contributed by atoms with Crippen LogP contribution in [-0.4, -0.2) is 36.9 Å². The van der Waals surface area contributed by atoms with E-state index in [0.29, 0.717) is 22.5 Å². The van der Waals surface area contributed by atoms with Crippen LogP contribution in [-0.2, 0) is 27.0 Å². The number of carbonyl (C=O) groups is 2. The van der Waals surface area contributed by atoms with E-state index in [1.807, 2.05) is 0 Å². The molecule has 2 rings (SSSR count). The Kier molecular flexibility index (Phi) is 7.37. The number of anilines is 2. The molecular formula is C18H18F3N3O5. The Morgan fingerprint density at radius 1 is 1.07 bits per heavy atom. The maximum atomic E-state index is 12.8. The average Bonchev–Trinajstić information content (AvgIpc) is 2.63. The Labute approximate surface area is 163 Å². The van der Waals surface area contributed by atoms with Gasteiger partial charge < -0.3 is 19.4 Å². The number of nitrogens with one attached hydrogen (secondary N) is 2. The van der Waals surface area contributed by atoms with E-state index < -0.39 is 35.8 Å². The number of nitrogens with zero attached hydrogens (tertiary/aromatic N) is 1. The molecule has 11 heteroatoms. The molecular weight excluding hydrogens is 395 g/mol. The fourth-order valence-corrected chi connectivity index (χ4v) is 2.22. The zero-order valence-electron chi connectivity index (χ0n) is 15.3. The molecule has 0 aliphatic carbocycles. The Hall–Kier alpha value is -3.34. The second-order valence-corrected chi connectivity index (χ2v) is 5.76. The number of alkyl halides is 3. The first-order chi connectivity index (χ1) is 13.7. The minimum absolute atomic E-state index is 0.0600. The molecule has 1 aromatic heterocycles. The van der Waals surface area contributed by atoms with Crippen molar-refractivity contribution in [3.8, 4) is 0 Å². The molecule has 1 aromatic carbocycles. The lowest BCUT2D eigenvalue weighted by atomic mass is 10.2. The lowest BCUT2D eigenvalue weighted by molar-refractivity contribution is -0.138. The summed E-state index contributed by atoms with van der Waals surface area (Å²) in [7, 11) is 1.46. The summed E-state index contributed by atoms with van der Waals surface area (Å²) in [5.74, 6) is -0.716. The zero-order valence-corrected chi connectivity index (χ0v) is 15.3. The topological polar surface area (TPSA) is 98.7 Å². The zero-order chi connectivity index (χ0) is 21.4. The molecule has 0 bridgehead atoms. The van der Waals surface area contributed by atoms with Gasteiger partial charge in [-0.15, -0.1) is 0 Å². The fourth-order valence-electron chi connectivity index (χ4n) is 2.22. The predicted octanol–water partition coefficient (Wildman–Crippen LogP) is 2.70. The molecule has 1 heterocycles. The number of benzene rings is 1. The van der Waals surface area contributed by atoms with Crippen LogP contribution < -0.4 is 16.2 Å². The van der Waals surface area contributed by atoms with Gasteiger partial charge in [0.05, 0.1) is 12.2 Å². The average molecular weight is 413 g/mol. The smallest absolute Gasteiger partial charge is 0.417 e. The van der Waals surface area contributed by atoms with Crippen molar-refractivity contribution in [3.63, 3.8) is 0 Å². The highest BCUT2D eigenvalue weighted by atomic mass is 19.4. The first-order valence-corrected chi connectivity index (χ1v) is 8.29. The quantitative estimate of drug-likeness (QED) is 0.680. The summed E-state index contributed by atoms with van der Waals surface area (Å²) in [6.45, 7) is -0.317. The van der Waals surface area contributed by atoms with Crippen molar-refractivity contribution in [1.29, 1.82) is 0 Å². The number of ether oxygens (including phenoxy) is 2. The highest BCUT2D eigenvalue weighted by Gasteiger charge is 2.31. The van der Waals surface area contributed by atoms with Crippen LogP contribution in [0.4, 0.5) is 29.3 Å². The summed E-state index contributed by atoms with van der Waals surface area (Å²) in [4.78, 5) is 35.4. The van der Waals surface area contributed by atoms with Gasteiger partial charge in [-0.05, 0) is 24.3 Å². The summed E-state index contributed by atoms with van der Waals surface area (Å²) < 4.78 is 48.5. The summed E-state index contributed by atoms with van der Waals surface area (Å²) >= 11 is 0. The second-order valence-electron chi connectivity index (χ2n) is 5.76. The molecule has 156 valence electrons. The normalized spacial score (nSPS) is 11.0. The van der Waals surface area contributed by atoms with Crippen molar-refractivity contribution in [1.82, 2.24) is 4.57 Å². The number of rotatable bonds is 7. The van der Waals surface area contributed by atoms with Crippen LogP contribution in [0.5, 0.6) is 0 Å². The van der Waals surface area contributed by atoms with Gasteiger partial charge in [0.25, 0.3) is 5.56 Å². The van der Waals surface area contributed by atoms with Gasteiger partial charge in [0, 0.05) is 30.7 Å². The number of methoxy groups -OCH3 is 1. The Morgan fingerprint density at radius 3 is 2.41 bits per heavy atom. The van der Waals surface area contributed by atoms with Gasteiger partial charge in [-0.2, -0.15) is 13.2 Å². The molecule has 0 aliphatic rings. The maximum absolute atomic E-state index is 12.8. The van der Waals surface area contributed by atoms with Crippen molar-refractivity contribution in [2.45, 2.75) is 12.7 Å². The molecule has 8 nitrogen and oxygen atoms in total. The minimum atomic E-state index is -4.64. The van der Waals surface area contributed by atoms with Gasteiger partial charge in [0.15, 0.2) is 0 Å². The van der Waals surface area contributed by atoms with Crippen molar-refractivity contribution in [2.75, 3.05) is 31.0 Å². The van der Waals surface area contributed by atoms with Gasteiger partial charge in [-0.3, -0.25) is 14.9 Å². The Bertz CT molecular complexity index is 927. The second kappa shape index (κ2) is 9.73. The number of pyridine rings is 1. The lowest BCUT2D eigenvalue weighted by Crippen LogP contribution is -2.28. The number of halogens is 3. The van der Waals surface area contributed by atoms with Crippen LogP contribution in [0.3, 0.4) is 0 Å². The molecule has 29 heavy (non-hydrogen) atoms. The molecule has 0 unspecified atom stereocenters. The molecule has 0 aliphatic heterocycles. The first kappa shape index (κ1) is 22.0. The molecule has 0 saturated heterocycles. The monoisotopic (exact) mass is 413 g/mol. The minimum Gasteiger partial charge on any atom is -0.447 e. The van der Waals surface area contributed by atoms with Crippen LogP contribution in [0.15, 0.2) is 47.4 Å². The Balaban J connectivity index is 2.01. The first-order valence-electron chi connectivity index (χ1n) is 8.29. The van der Waals surface area contributed by atoms with Gasteiger partial charge >= 0.3 is 12.3 Å². The number of carbonyl (C=O) groups excluding carboxylic acids is 2. The van der Waals surface area contributed by atoms with Gasteiger partial charge in [0.2, 0.25) is 5.91 Å². The van der Waals surface area contributed by atoms with E-state index in [4.69, 9.17) is 9.47 Å². The molecule has 0 spiro atoms. The highest BCUT2D eigenvalue weighted by molar-refractivity contribution is 5.92. The third kappa shape index (κ3) is 6.96. The molecule has 2 amide bonds. The number of hydrogen-bond acceptors (Lipinski definition) is 5. The lowest BCUT2D eigenvalue weighted by Gasteiger charge is -2.12. The van der Waals surface area contributed by atoms with Crippen LogP contribution in [0, 0.1) is 0 Å². The van der Waals surface area contributed by atoms with E-state index in [0.717, 1.165) is 6.07 Å². The van der Waals surface area contributed by atoms with Crippen LogP contribution in [0.25, 0.3) is 0 Å². The third-order valence-corrected chi connectivity index (χ3v) is 3.54. The van der Waals surface area contributed by atoms with E-state index >= 15 is 0 Å². The van der Waals surface area contributed by atoms with Crippen LogP contribution in [0.2, 0.25) is 0 Å². The fraction of sp³-hybridized carbons (Fsp3) is 0.278. The van der Waals surface area contributed by atoms with E-state index in [1.165, 1.54) is 25.3 Å². The van der Waals surface area contributed by atoms with Crippen LogP contribution >= 0.6 is 0 Å². The van der Waals surface area contributed by atoms with Crippen LogP contribution in [0.1, 0.15) is 5.56 Å². The van der Waals surface area contributed by atoms with Crippen molar-refractivity contribution in [3.05, 3.63) is 58.5 Å². The SMILES string of the molecule is COCCOC(=O)Nc1cccc(NC(=O)Cn2cc(C(F)(F)F)ccc2=O)c1. The Morgan fingerprint density at radius 2 is 1.76 bits per heavy atom. The molecule has 0 fully saturated rings. The van der Waals surface area contributed by atoms with Gasteiger partial charge in [-0.25, -0.2) is 4.79 Å². The van der Waals surface area contributed by atoms with E-state index in [1.54, 1.807) is 6.07 Å². The highest BCUT2D eigenvalue weighted by Crippen LogP contribution is 2.28. The summed E-state index contributed by atoms with van der Waals surface area (Å²) in [6, 6.07) is 7.41. The molecule has 0 atom stereocenters. The molecule has 0 radical (unpaired) electrons. The van der Waals surface area contributed by atoms with E-state index in [-0.39, 0.29) is 18.9 Å². The summed E-state index contributed by atoms with van der Waals surface area (Å²) in [6.07, 6.45) is -4.78. The largest absolute Gasteiger partial charge is 0.447 e. The third-order valence-electron chi connectivity index (χ3n) is 3.54. The molecule has 2 N–H and O–H groups in total. The standard InChI is InChI=1S/C18H18F3N3O5/c1-28-7-8-29-17(27)23-14-4-2-3-13(9-14)22-15(25)11-24-10-12(18(19,20)21)5-6-16(24)26/h2-6,9-10H,7-8,11H2,1H3,(H,22,25)(H,23,27).